The van der Waals surface area contributed by atoms with E-state index < -0.39 is 0 Å². The average Bonchev–Trinajstić information content (AvgIpc) is 2.77. The Morgan fingerprint density at radius 3 is 2.84 bits per heavy atom. The highest BCUT2D eigenvalue weighted by Gasteiger charge is 2.14. The number of benzene rings is 1. The number of rotatable bonds is 7. The van der Waals surface area contributed by atoms with Gasteiger partial charge in [-0.05, 0) is 19.5 Å². The van der Waals surface area contributed by atoms with E-state index >= 15 is 0 Å². The second-order valence-electron chi connectivity index (χ2n) is 4.79. The monoisotopic (exact) mass is 262 g/mol. The van der Waals surface area contributed by atoms with E-state index in [1.54, 1.807) is 7.11 Å². The molecule has 1 heterocycles. The standard InChI is InChI=1S/C15H22N2O2/c1-17(8-5-9-18-2)11-13-12-6-3-4-7-14(12)19-15(13)10-16/h3-4,6-7H,5,8-11,16H2,1-2H3. The van der Waals surface area contributed by atoms with Crippen LogP contribution in [0.1, 0.15) is 17.7 Å². The summed E-state index contributed by atoms with van der Waals surface area (Å²) < 4.78 is 10.9. The number of fused-ring (bicyclic) bond motifs is 1. The maximum absolute atomic E-state index is 5.80. The van der Waals surface area contributed by atoms with Crippen molar-refractivity contribution in [1.82, 2.24) is 4.90 Å². The van der Waals surface area contributed by atoms with E-state index in [-0.39, 0.29) is 0 Å². The molecule has 0 saturated heterocycles. The van der Waals surface area contributed by atoms with Crippen LogP contribution in [0.2, 0.25) is 0 Å². The third-order valence-electron chi connectivity index (χ3n) is 3.28. The van der Waals surface area contributed by atoms with Crippen LogP contribution in [-0.2, 0) is 17.8 Å². The molecule has 0 atom stereocenters. The molecule has 2 N–H and O–H groups in total. The molecule has 0 spiro atoms. The van der Waals surface area contributed by atoms with Crippen LogP contribution < -0.4 is 5.73 Å². The van der Waals surface area contributed by atoms with E-state index in [1.807, 2.05) is 18.2 Å². The Morgan fingerprint density at radius 1 is 1.32 bits per heavy atom. The van der Waals surface area contributed by atoms with Gasteiger partial charge in [0, 0.05) is 37.8 Å². The first-order chi connectivity index (χ1) is 9.26. The van der Waals surface area contributed by atoms with Crippen molar-refractivity contribution in [3.8, 4) is 0 Å². The molecule has 2 rings (SSSR count). The summed E-state index contributed by atoms with van der Waals surface area (Å²) in [5.74, 6) is 0.889. The van der Waals surface area contributed by atoms with E-state index in [4.69, 9.17) is 14.9 Å². The Balaban J connectivity index is 2.14. The average molecular weight is 262 g/mol. The lowest BCUT2D eigenvalue weighted by Gasteiger charge is -2.16. The van der Waals surface area contributed by atoms with Crippen LogP contribution in [0.15, 0.2) is 28.7 Å². The highest BCUT2D eigenvalue weighted by atomic mass is 16.5. The van der Waals surface area contributed by atoms with Crippen LogP contribution in [0.4, 0.5) is 0 Å². The van der Waals surface area contributed by atoms with Crippen molar-refractivity contribution in [2.24, 2.45) is 5.73 Å². The molecule has 19 heavy (non-hydrogen) atoms. The molecule has 0 amide bonds. The summed E-state index contributed by atoms with van der Waals surface area (Å²) in [6.07, 6.45) is 1.03. The predicted octanol–water partition coefficient (Wildman–Crippen LogP) is 2.36. The maximum atomic E-state index is 5.80. The van der Waals surface area contributed by atoms with Crippen LogP contribution in [0, 0.1) is 0 Å². The smallest absolute Gasteiger partial charge is 0.134 e. The highest BCUT2D eigenvalue weighted by molar-refractivity contribution is 5.82. The van der Waals surface area contributed by atoms with E-state index in [0.29, 0.717) is 6.54 Å². The summed E-state index contributed by atoms with van der Waals surface area (Å²) in [4.78, 5) is 2.27. The van der Waals surface area contributed by atoms with Gasteiger partial charge in [-0.2, -0.15) is 0 Å². The Hall–Kier alpha value is -1.36. The summed E-state index contributed by atoms with van der Waals surface area (Å²) in [5.41, 5.74) is 7.91. The lowest BCUT2D eigenvalue weighted by Crippen LogP contribution is -2.21. The van der Waals surface area contributed by atoms with Crippen LogP contribution in [-0.4, -0.2) is 32.2 Å². The topological polar surface area (TPSA) is 51.6 Å². The number of ether oxygens (including phenoxy) is 1. The number of furan rings is 1. The first-order valence-electron chi connectivity index (χ1n) is 6.63. The molecule has 2 aromatic rings. The van der Waals surface area contributed by atoms with Crippen molar-refractivity contribution in [2.75, 3.05) is 27.3 Å². The second kappa shape index (κ2) is 6.70. The van der Waals surface area contributed by atoms with E-state index in [2.05, 4.69) is 18.0 Å². The van der Waals surface area contributed by atoms with Crippen molar-refractivity contribution in [2.45, 2.75) is 19.5 Å². The largest absolute Gasteiger partial charge is 0.459 e. The Labute approximate surface area is 114 Å². The lowest BCUT2D eigenvalue weighted by molar-refractivity contribution is 0.178. The van der Waals surface area contributed by atoms with Gasteiger partial charge in [0.05, 0.1) is 6.54 Å². The second-order valence-corrected chi connectivity index (χ2v) is 4.79. The van der Waals surface area contributed by atoms with E-state index in [9.17, 15) is 0 Å². The van der Waals surface area contributed by atoms with Crippen molar-refractivity contribution >= 4 is 11.0 Å². The Morgan fingerprint density at radius 2 is 2.11 bits per heavy atom. The number of nitrogens with zero attached hydrogens (tertiary/aromatic N) is 1. The van der Waals surface area contributed by atoms with Gasteiger partial charge in [-0.25, -0.2) is 0 Å². The quantitative estimate of drug-likeness (QED) is 0.778. The number of hydrogen-bond acceptors (Lipinski definition) is 4. The van der Waals surface area contributed by atoms with Crippen molar-refractivity contribution in [3.63, 3.8) is 0 Å². The fourth-order valence-corrected chi connectivity index (χ4v) is 2.32. The van der Waals surface area contributed by atoms with Gasteiger partial charge in [-0.3, -0.25) is 0 Å². The van der Waals surface area contributed by atoms with Gasteiger partial charge in [0.2, 0.25) is 0 Å². The van der Waals surface area contributed by atoms with Gasteiger partial charge in [0.25, 0.3) is 0 Å². The number of methoxy groups -OCH3 is 1. The Bertz CT molecular complexity index is 522. The van der Waals surface area contributed by atoms with Crippen LogP contribution in [0.25, 0.3) is 11.0 Å². The molecule has 0 bridgehead atoms. The molecule has 4 heteroatoms. The number of nitrogens with two attached hydrogens (primary N) is 1. The van der Waals surface area contributed by atoms with Crippen LogP contribution in [0.3, 0.4) is 0 Å². The van der Waals surface area contributed by atoms with Crippen molar-refractivity contribution in [1.29, 1.82) is 0 Å². The fourth-order valence-electron chi connectivity index (χ4n) is 2.32. The molecular formula is C15H22N2O2. The third-order valence-corrected chi connectivity index (χ3v) is 3.28. The van der Waals surface area contributed by atoms with Gasteiger partial charge >= 0.3 is 0 Å². The minimum absolute atomic E-state index is 0.440. The van der Waals surface area contributed by atoms with Gasteiger partial charge in [0.15, 0.2) is 0 Å². The normalized spacial score (nSPS) is 11.6. The molecule has 0 aliphatic rings. The fraction of sp³-hybridized carbons (Fsp3) is 0.467. The lowest BCUT2D eigenvalue weighted by atomic mass is 10.1. The molecule has 0 unspecified atom stereocenters. The molecule has 104 valence electrons. The zero-order valence-corrected chi connectivity index (χ0v) is 11.7. The van der Waals surface area contributed by atoms with Crippen LogP contribution in [0.5, 0.6) is 0 Å². The van der Waals surface area contributed by atoms with Gasteiger partial charge in [-0.1, -0.05) is 18.2 Å². The van der Waals surface area contributed by atoms with Crippen molar-refractivity contribution < 1.29 is 9.15 Å². The maximum Gasteiger partial charge on any atom is 0.134 e. The molecule has 0 radical (unpaired) electrons. The first kappa shape index (κ1) is 14.1. The zero-order chi connectivity index (χ0) is 13.7. The minimum atomic E-state index is 0.440. The van der Waals surface area contributed by atoms with Gasteiger partial charge in [-0.15, -0.1) is 0 Å². The predicted molar refractivity (Wildman–Crippen MR) is 76.9 cm³/mol. The molecule has 4 nitrogen and oxygen atoms in total. The zero-order valence-electron chi connectivity index (χ0n) is 11.7. The SMILES string of the molecule is COCCCN(C)Cc1c(CN)oc2ccccc12. The number of para-hydroxylation sites is 1. The van der Waals surface area contributed by atoms with Crippen molar-refractivity contribution in [3.05, 3.63) is 35.6 Å². The highest BCUT2D eigenvalue weighted by Crippen LogP contribution is 2.26. The molecule has 0 aliphatic heterocycles. The summed E-state index contributed by atoms with van der Waals surface area (Å²) in [7, 11) is 3.84. The summed E-state index contributed by atoms with van der Waals surface area (Å²) in [6.45, 7) is 3.08. The molecule has 1 aromatic carbocycles. The minimum Gasteiger partial charge on any atom is -0.459 e. The third kappa shape index (κ3) is 3.35. The summed E-state index contributed by atoms with van der Waals surface area (Å²) >= 11 is 0. The van der Waals surface area contributed by atoms with Gasteiger partial charge in [0.1, 0.15) is 11.3 Å². The van der Waals surface area contributed by atoms with Crippen LogP contribution >= 0.6 is 0 Å². The van der Waals surface area contributed by atoms with E-state index in [0.717, 1.165) is 37.5 Å². The molecule has 1 aromatic heterocycles. The summed E-state index contributed by atoms with van der Waals surface area (Å²) in [5, 5.41) is 1.17. The molecule has 0 saturated carbocycles. The molecule has 0 fully saturated rings. The Kier molecular flexibility index (Phi) is 4.96. The summed E-state index contributed by atoms with van der Waals surface area (Å²) in [6, 6.07) is 8.10. The first-order valence-corrected chi connectivity index (χ1v) is 6.63. The van der Waals surface area contributed by atoms with Gasteiger partial charge < -0.3 is 19.8 Å². The van der Waals surface area contributed by atoms with E-state index in [1.165, 1.54) is 10.9 Å². The molecular weight excluding hydrogens is 240 g/mol. The number of hydrogen-bond donors (Lipinski definition) is 1. The molecule has 0 aliphatic carbocycles.